The standard InChI is InChI=1S/C23H24N4O4/c1-15(18-13-24-19-10-6-5-9-17(18)19)21(22(29)30)25-23(31)26-11-12-27(20(28)14-26)16-7-3-2-4-8-16/h2-10,13,15,21,24H,11-12,14H2,1H3,(H,25,31)(H,29,30)/t15-,21+/m0/s1. The second-order valence-corrected chi connectivity index (χ2v) is 7.65. The first-order valence-electron chi connectivity index (χ1n) is 10.2. The number of benzene rings is 2. The number of nitrogens with zero attached hydrogens (tertiary/aromatic N) is 2. The van der Waals surface area contributed by atoms with Crippen LogP contribution >= 0.6 is 0 Å². The summed E-state index contributed by atoms with van der Waals surface area (Å²) in [7, 11) is 0. The van der Waals surface area contributed by atoms with Crippen LogP contribution in [0.2, 0.25) is 0 Å². The van der Waals surface area contributed by atoms with Gasteiger partial charge >= 0.3 is 12.0 Å². The van der Waals surface area contributed by atoms with E-state index in [9.17, 15) is 19.5 Å². The van der Waals surface area contributed by atoms with Gasteiger partial charge in [-0.25, -0.2) is 9.59 Å². The van der Waals surface area contributed by atoms with Crippen molar-refractivity contribution >= 4 is 34.5 Å². The lowest BCUT2D eigenvalue weighted by Crippen LogP contribution is -2.57. The summed E-state index contributed by atoms with van der Waals surface area (Å²) in [5.41, 5.74) is 2.50. The van der Waals surface area contributed by atoms with Crippen molar-refractivity contribution in [1.82, 2.24) is 15.2 Å². The smallest absolute Gasteiger partial charge is 0.326 e. The van der Waals surface area contributed by atoms with Gasteiger partial charge in [-0.15, -0.1) is 0 Å². The number of fused-ring (bicyclic) bond motifs is 1. The van der Waals surface area contributed by atoms with Crippen LogP contribution in [-0.4, -0.2) is 58.6 Å². The lowest BCUT2D eigenvalue weighted by Gasteiger charge is -2.35. The normalized spacial score (nSPS) is 16.2. The predicted molar refractivity (Wildman–Crippen MR) is 117 cm³/mol. The van der Waals surface area contributed by atoms with Gasteiger partial charge in [-0.2, -0.15) is 0 Å². The van der Waals surface area contributed by atoms with Gasteiger partial charge in [-0.3, -0.25) is 4.79 Å². The predicted octanol–water partition coefficient (Wildman–Crippen LogP) is 2.78. The number of carbonyl (C=O) groups excluding carboxylic acids is 2. The molecule has 8 nitrogen and oxygen atoms in total. The van der Waals surface area contributed by atoms with Crippen LogP contribution in [0, 0.1) is 0 Å². The van der Waals surface area contributed by atoms with Gasteiger partial charge in [0.15, 0.2) is 0 Å². The number of aromatic amines is 1. The molecule has 0 spiro atoms. The molecule has 2 atom stereocenters. The molecule has 31 heavy (non-hydrogen) atoms. The van der Waals surface area contributed by atoms with E-state index in [4.69, 9.17) is 0 Å². The number of amides is 3. The topological polar surface area (TPSA) is 106 Å². The second kappa shape index (κ2) is 8.51. The number of hydrogen-bond acceptors (Lipinski definition) is 3. The van der Waals surface area contributed by atoms with Gasteiger partial charge < -0.3 is 25.2 Å². The van der Waals surface area contributed by atoms with E-state index in [1.165, 1.54) is 4.90 Å². The molecule has 1 aliphatic rings. The first-order chi connectivity index (χ1) is 15.0. The lowest BCUT2D eigenvalue weighted by molar-refractivity contribution is -0.139. The minimum atomic E-state index is -1.13. The number of hydrogen-bond donors (Lipinski definition) is 3. The fourth-order valence-corrected chi connectivity index (χ4v) is 4.00. The van der Waals surface area contributed by atoms with E-state index in [0.717, 1.165) is 22.2 Å². The van der Waals surface area contributed by atoms with Crippen LogP contribution in [-0.2, 0) is 9.59 Å². The highest BCUT2D eigenvalue weighted by Gasteiger charge is 2.33. The zero-order chi connectivity index (χ0) is 22.0. The van der Waals surface area contributed by atoms with E-state index >= 15 is 0 Å². The molecule has 2 heterocycles. The quantitative estimate of drug-likeness (QED) is 0.590. The van der Waals surface area contributed by atoms with E-state index < -0.39 is 24.0 Å². The van der Waals surface area contributed by atoms with Crippen LogP contribution in [0.1, 0.15) is 18.4 Å². The summed E-state index contributed by atoms with van der Waals surface area (Å²) in [6, 6.07) is 15.2. The second-order valence-electron chi connectivity index (χ2n) is 7.65. The van der Waals surface area contributed by atoms with Crippen LogP contribution in [0.25, 0.3) is 10.9 Å². The third-order valence-electron chi connectivity index (χ3n) is 5.73. The molecule has 4 rings (SSSR count). The fourth-order valence-electron chi connectivity index (χ4n) is 4.00. The zero-order valence-corrected chi connectivity index (χ0v) is 17.1. The van der Waals surface area contributed by atoms with Gasteiger partial charge in [0.25, 0.3) is 0 Å². The van der Waals surface area contributed by atoms with Gasteiger partial charge in [0.05, 0.1) is 0 Å². The van der Waals surface area contributed by atoms with Crippen LogP contribution in [0.3, 0.4) is 0 Å². The first-order valence-corrected chi connectivity index (χ1v) is 10.2. The lowest BCUT2D eigenvalue weighted by atomic mass is 9.93. The van der Waals surface area contributed by atoms with Crippen molar-refractivity contribution in [3.05, 3.63) is 66.4 Å². The Kier molecular flexibility index (Phi) is 5.62. The van der Waals surface area contributed by atoms with Crippen LogP contribution in [0.5, 0.6) is 0 Å². The Morgan fingerprint density at radius 1 is 1.06 bits per heavy atom. The molecule has 8 heteroatoms. The van der Waals surface area contributed by atoms with Crippen LogP contribution in [0.4, 0.5) is 10.5 Å². The number of H-pyrrole nitrogens is 1. The molecule has 0 bridgehead atoms. The highest BCUT2D eigenvalue weighted by Crippen LogP contribution is 2.28. The third-order valence-corrected chi connectivity index (χ3v) is 5.73. The van der Waals surface area contributed by atoms with E-state index in [2.05, 4.69) is 10.3 Å². The highest BCUT2D eigenvalue weighted by molar-refractivity contribution is 5.98. The van der Waals surface area contributed by atoms with Crippen LogP contribution < -0.4 is 10.2 Å². The number of aliphatic carboxylic acids is 1. The van der Waals surface area contributed by atoms with Crippen molar-refractivity contribution in [2.75, 3.05) is 24.5 Å². The fraction of sp³-hybridized carbons (Fsp3) is 0.261. The number of urea groups is 1. The molecule has 160 valence electrons. The molecule has 0 radical (unpaired) electrons. The summed E-state index contributed by atoms with van der Waals surface area (Å²) in [5, 5.41) is 13.3. The van der Waals surface area contributed by atoms with Crippen molar-refractivity contribution in [2.24, 2.45) is 0 Å². The molecule has 1 fully saturated rings. The number of carboxylic acid groups (broad SMARTS) is 1. The number of rotatable bonds is 5. The van der Waals surface area contributed by atoms with Crippen molar-refractivity contribution in [3.63, 3.8) is 0 Å². The van der Waals surface area contributed by atoms with Crippen molar-refractivity contribution < 1.29 is 19.5 Å². The summed E-state index contributed by atoms with van der Waals surface area (Å²) >= 11 is 0. The minimum Gasteiger partial charge on any atom is -0.480 e. The van der Waals surface area contributed by atoms with Gasteiger partial charge in [0.2, 0.25) is 5.91 Å². The number of para-hydroxylation sites is 2. The number of carbonyl (C=O) groups is 3. The first kappa shape index (κ1) is 20.5. The summed E-state index contributed by atoms with van der Waals surface area (Å²) in [6.45, 7) is 2.34. The number of aromatic nitrogens is 1. The largest absolute Gasteiger partial charge is 0.480 e. The van der Waals surface area contributed by atoms with Gasteiger partial charge in [-0.05, 0) is 23.8 Å². The van der Waals surface area contributed by atoms with E-state index in [1.54, 1.807) is 18.0 Å². The molecule has 3 aromatic rings. The minimum absolute atomic E-state index is 0.103. The number of nitrogens with one attached hydrogen (secondary N) is 2. The number of carboxylic acids is 1. The number of piperazine rings is 1. The molecule has 1 saturated heterocycles. The summed E-state index contributed by atoms with van der Waals surface area (Å²) < 4.78 is 0. The summed E-state index contributed by atoms with van der Waals surface area (Å²) in [5.74, 6) is -1.80. The monoisotopic (exact) mass is 420 g/mol. The SMILES string of the molecule is C[C@@H](c1c[nH]c2ccccc12)[C@@H](NC(=O)N1CCN(c2ccccc2)C(=O)C1)C(=O)O. The van der Waals surface area contributed by atoms with E-state index in [1.807, 2.05) is 54.6 Å². The average molecular weight is 420 g/mol. The molecule has 0 unspecified atom stereocenters. The highest BCUT2D eigenvalue weighted by atomic mass is 16.4. The molecule has 3 N–H and O–H groups in total. The Labute approximate surface area is 179 Å². The van der Waals surface area contributed by atoms with Crippen molar-refractivity contribution in [3.8, 4) is 0 Å². The van der Waals surface area contributed by atoms with Crippen LogP contribution in [0.15, 0.2) is 60.8 Å². The molecule has 1 aliphatic heterocycles. The average Bonchev–Trinajstić information content (AvgIpc) is 3.21. The Hall–Kier alpha value is -3.81. The Morgan fingerprint density at radius 3 is 2.48 bits per heavy atom. The van der Waals surface area contributed by atoms with E-state index in [0.29, 0.717) is 13.1 Å². The van der Waals surface area contributed by atoms with Gasteiger partial charge in [0.1, 0.15) is 12.6 Å². The molecule has 0 saturated carbocycles. The zero-order valence-electron chi connectivity index (χ0n) is 17.1. The Morgan fingerprint density at radius 2 is 1.77 bits per heavy atom. The van der Waals surface area contributed by atoms with Crippen molar-refractivity contribution in [2.45, 2.75) is 18.9 Å². The summed E-state index contributed by atoms with van der Waals surface area (Å²) in [4.78, 5) is 43.5. The third kappa shape index (κ3) is 4.09. The molecule has 3 amide bonds. The molecule has 0 aliphatic carbocycles. The Bertz CT molecular complexity index is 1110. The maximum absolute atomic E-state index is 12.8. The van der Waals surface area contributed by atoms with Gasteiger partial charge in [0, 0.05) is 41.8 Å². The Balaban J connectivity index is 1.46. The summed E-state index contributed by atoms with van der Waals surface area (Å²) in [6.07, 6.45) is 1.78. The van der Waals surface area contributed by atoms with Crippen molar-refractivity contribution in [1.29, 1.82) is 0 Å². The molecule has 1 aromatic heterocycles. The number of anilines is 1. The molecular weight excluding hydrogens is 396 g/mol. The maximum Gasteiger partial charge on any atom is 0.326 e. The molecule has 2 aromatic carbocycles. The molecular formula is C23H24N4O4. The van der Waals surface area contributed by atoms with E-state index in [-0.39, 0.29) is 12.5 Å². The maximum atomic E-state index is 12.8. The van der Waals surface area contributed by atoms with Gasteiger partial charge in [-0.1, -0.05) is 43.3 Å².